The normalized spacial score (nSPS) is 46.6. The van der Waals surface area contributed by atoms with Crippen LogP contribution in [-0.2, 0) is 66.3 Å². The lowest BCUT2D eigenvalue weighted by atomic mass is 9.95. The summed E-state index contributed by atoms with van der Waals surface area (Å²) < 4.78 is 86.8. The fourth-order valence-electron chi connectivity index (χ4n) is 12.7. The average Bonchev–Trinajstić information content (AvgIpc) is 1.01. The Labute approximate surface area is 542 Å². The van der Waals surface area contributed by atoms with Gasteiger partial charge in [0.1, 0.15) is 177 Å². The molecule has 0 spiro atoms. The van der Waals surface area contributed by atoms with Gasteiger partial charge in [-0.2, -0.15) is 0 Å². The van der Waals surface area contributed by atoms with Crippen molar-refractivity contribution in [1.82, 2.24) is 10.5 Å². The number of rotatable bonds is 11. The summed E-state index contributed by atoms with van der Waals surface area (Å²) in [6, 6.07) is 17.9. The first-order chi connectivity index (χ1) is 46.0. The van der Waals surface area contributed by atoms with Gasteiger partial charge in [0.15, 0.2) is 44.0 Å². The van der Waals surface area contributed by atoms with E-state index >= 15 is 0 Å². The Morgan fingerprint density at radius 2 is 0.552 bits per heavy atom. The van der Waals surface area contributed by atoms with E-state index in [1.54, 1.807) is 12.1 Å². The molecule has 21 fully saturated rings. The minimum Gasteiger partial charge on any atom is -0.394 e. The van der Waals surface area contributed by atoms with E-state index in [2.05, 4.69) is 10.5 Å². The van der Waals surface area contributed by atoms with Crippen LogP contribution in [0.25, 0.3) is 22.4 Å². The second-order valence-electron chi connectivity index (χ2n) is 24.2. The van der Waals surface area contributed by atoms with E-state index in [4.69, 9.17) is 70.8 Å². The highest BCUT2D eigenvalue weighted by atomic mass is 16.8. The average molecular weight is 1380 g/mol. The van der Waals surface area contributed by atoms with Crippen LogP contribution >= 0.6 is 0 Å². The Morgan fingerprint density at radius 1 is 0.312 bits per heavy atom. The first-order valence-corrected chi connectivity index (χ1v) is 30.8. The molecule has 21 aliphatic heterocycles. The van der Waals surface area contributed by atoms with E-state index in [0.29, 0.717) is 5.56 Å². The Morgan fingerprint density at radius 3 is 0.823 bits per heavy atom. The van der Waals surface area contributed by atoms with E-state index in [9.17, 15) is 107 Å². The van der Waals surface area contributed by atoms with E-state index < -0.39 is 267 Å². The zero-order valence-electron chi connectivity index (χ0n) is 50.4. The number of carbonyl (C=O) groups excluding carboxylic acids is 1. The van der Waals surface area contributed by atoms with Crippen LogP contribution in [0.15, 0.2) is 65.2 Å². The minimum atomic E-state index is -2.30. The number of nitrogens with zero attached hydrogens (tertiary/aromatic N) is 1. The van der Waals surface area contributed by atoms with Crippen molar-refractivity contribution in [3.63, 3.8) is 0 Å². The summed E-state index contributed by atoms with van der Waals surface area (Å²) in [6.45, 7) is -7.21. The minimum absolute atomic E-state index is 0.231. The molecule has 0 aliphatic carbocycles. The van der Waals surface area contributed by atoms with Gasteiger partial charge in [-0.1, -0.05) is 59.8 Å². The molecule has 0 unspecified atom stereocenters. The number of nitrogens with one attached hydrogen (secondary N) is 1. The number of aliphatic hydroxyl groups is 20. The van der Waals surface area contributed by atoms with Crippen LogP contribution in [0.5, 0.6) is 0 Å². The maximum Gasteiger partial charge on any atom is 0.290 e. The van der Waals surface area contributed by atoms with Crippen molar-refractivity contribution in [3.05, 3.63) is 66.4 Å². The monoisotopic (exact) mass is 1380 g/mol. The van der Waals surface area contributed by atoms with E-state index in [1.165, 1.54) is 6.07 Å². The molecule has 35 atom stereocenters. The van der Waals surface area contributed by atoms with Crippen molar-refractivity contribution in [3.8, 4) is 22.4 Å². The van der Waals surface area contributed by atoms with Gasteiger partial charge >= 0.3 is 0 Å². The number of ether oxygens (including phenoxy) is 14. The predicted molar refractivity (Wildman–Crippen MR) is 301 cm³/mol. The van der Waals surface area contributed by atoms with Gasteiger partial charge in [0, 0.05) is 18.2 Å². The first-order valence-electron chi connectivity index (χ1n) is 30.8. The molecule has 22 heterocycles. The van der Waals surface area contributed by atoms with Crippen molar-refractivity contribution in [2.75, 3.05) is 46.2 Å². The molecule has 21 N–H and O–H groups in total. The highest BCUT2D eigenvalue weighted by molar-refractivity contribution is 5.92. The van der Waals surface area contributed by atoms with E-state index in [0.717, 1.165) is 11.1 Å². The molecular formula is C58H80N2O36. The summed E-state index contributed by atoms with van der Waals surface area (Å²) in [5, 5.41) is 232. The van der Waals surface area contributed by atoms with Gasteiger partial charge in [0.2, 0.25) is 5.76 Å². The van der Waals surface area contributed by atoms with Gasteiger partial charge < -0.3 is 178 Å². The van der Waals surface area contributed by atoms with Crippen molar-refractivity contribution in [2.24, 2.45) is 0 Å². The van der Waals surface area contributed by atoms with Gasteiger partial charge in [0.25, 0.3) is 5.91 Å². The molecule has 538 valence electrons. The van der Waals surface area contributed by atoms with Crippen LogP contribution in [0.3, 0.4) is 0 Å². The fourth-order valence-corrected chi connectivity index (χ4v) is 12.7. The molecule has 38 nitrogen and oxygen atoms in total. The molecule has 21 saturated heterocycles. The Bertz CT molecular complexity index is 2930. The van der Waals surface area contributed by atoms with E-state index in [1.807, 2.05) is 42.5 Å². The molecule has 96 heavy (non-hydrogen) atoms. The lowest BCUT2D eigenvalue weighted by Crippen LogP contribution is -2.68. The largest absolute Gasteiger partial charge is 0.394 e. The smallest absolute Gasteiger partial charge is 0.290 e. The molecule has 0 radical (unpaired) electrons. The van der Waals surface area contributed by atoms with Crippen molar-refractivity contribution >= 4 is 5.91 Å². The third-order valence-corrected chi connectivity index (χ3v) is 18.1. The lowest BCUT2D eigenvalue weighted by molar-refractivity contribution is -0.396. The molecule has 38 heteroatoms. The van der Waals surface area contributed by atoms with Gasteiger partial charge in [-0.25, -0.2) is 0 Å². The van der Waals surface area contributed by atoms with Gasteiger partial charge in [-0.3, -0.25) is 4.79 Å². The van der Waals surface area contributed by atoms with Crippen LogP contribution < -0.4 is 5.32 Å². The Hall–Kier alpha value is -4.24. The summed E-state index contributed by atoms with van der Waals surface area (Å²) in [5.74, 6) is -1.31. The lowest BCUT2D eigenvalue weighted by Gasteiger charge is -2.50. The molecule has 2 aromatic carbocycles. The maximum absolute atomic E-state index is 13.9. The van der Waals surface area contributed by atoms with Crippen LogP contribution in [0.4, 0.5) is 0 Å². The highest BCUT2D eigenvalue weighted by Crippen LogP contribution is 2.39. The maximum atomic E-state index is 13.9. The standard InChI is InChI=1S/C58H80N2O36/c61-12-24-45-32(69)39(76)54(84-24)92-47-26(14-63)86-56(41(78)34(47)71)94-49-28(16-65)88-58(43(80)36(49)73)95-50-29(17-66)87-57(42(79)35(50)72)93-48-27(15-64)85-55(40(77)33(48)70)91-46-25(13-62)83-53(38(75)31(46)68)89-44-23(82-52(90-45)37(74)30(44)67)11-59-51(81)22-10-21(60-96-22)20-8-6-19(7-9-20)18-4-2-1-3-5-18/h1-10,23-50,52-58,61-80H,11-17H2,(H,59,81)/t23-,24-,25-,26-,27-,28-,29-,30-,31-,32-,33-,34-,35-,36-,37-,38-,39-,40-,41-,42-,43-,44-,45-,46-,47-,48-,49-,50-,52-,53-,54-,55-,56-,57-,58-/m1/s1. The Kier molecular flexibility index (Phi) is 23.8. The summed E-state index contributed by atoms with van der Waals surface area (Å²) >= 11 is 0. The molecule has 24 rings (SSSR count). The first kappa shape index (κ1) is 73.0. The molecule has 1 aromatic heterocycles. The second kappa shape index (κ2) is 31.3. The third kappa shape index (κ3) is 14.6. The molecule has 0 saturated carbocycles. The highest BCUT2D eigenvalue weighted by Gasteiger charge is 2.60. The number of hydrogen-bond donors (Lipinski definition) is 21. The predicted octanol–water partition coefficient (Wildman–Crippen LogP) is -11.5. The number of aliphatic hydroxyl groups excluding tert-OH is 20. The number of benzene rings is 2. The molecule has 1 amide bonds. The zero-order valence-corrected chi connectivity index (χ0v) is 50.4. The van der Waals surface area contributed by atoms with E-state index in [-0.39, 0.29) is 11.5 Å². The van der Waals surface area contributed by atoms with Crippen LogP contribution in [-0.4, -0.2) is 374 Å². The van der Waals surface area contributed by atoms with Crippen molar-refractivity contribution < 1.29 is 178 Å². The molecular weight excluding hydrogens is 1300 g/mol. The SMILES string of the molecule is O=C(NC[C@H]1O[C@@H]2O[C@H]3[C@H](O)[C@@H](O)[C@@H](O[C@H]4[C@H](O)[C@@H](O)[C@@H](O[C@H]5[C@H](O)[C@@H](O)[C@@H](O[C@H]6[C@H](O)[C@@H](O)[C@@H](O[C@H]7[C@H](O)[C@@H](O)[C@@H](O[C@H]8[C@H](O)[C@@H](O)[C@@H](O[C@H]1[C@H](O)[C@H]2O)O[C@@H]8CO)O[C@@H]7CO)O[C@@H]6CO)O[C@@H]5CO)O[C@@H]4CO)O[C@@H]3CO)c1cc(-c2ccc(-c3ccccc3)cc2)no1. The van der Waals surface area contributed by atoms with Crippen LogP contribution in [0.1, 0.15) is 10.6 Å². The summed E-state index contributed by atoms with van der Waals surface area (Å²) in [5.41, 5.74) is 2.60. The van der Waals surface area contributed by atoms with Crippen molar-refractivity contribution in [1.29, 1.82) is 0 Å². The fraction of sp³-hybridized carbons (Fsp3) is 0.724. The third-order valence-electron chi connectivity index (χ3n) is 18.1. The van der Waals surface area contributed by atoms with Gasteiger partial charge in [-0.05, 0) is 11.1 Å². The summed E-state index contributed by atoms with van der Waals surface area (Å²) in [7, 11) is 0. The van der Waals surface area contributed by atoms with Gasteiger partial charge in [0.05, 0.1) is 39.6 Å². The van der Waals surface area contributed by atoms with Gasteiger partial charge in [-0.15, -0.1) is 0 Å². The van der Waals surface area contributed by atoms with Crippen LogP contribution in [0.2, 0.25) is 0 Å². The second-order valence-corrected chi connectivity index (χ2v) is 24.2. The van der Waals surface area contributed by atoms with Crippen LogP contribution in [0, 0.1) is 0 Å². The number of aromatic nitrogens is 1. The summed E-state index contributed by atoms with van der Waals surface area (Å²) in [6.07, 6.45) is -72.1. The number of hydrogen-bond acceptors (Lipinski definition) is 37. The zero-order chi connectivity index (χ0) is 68.7. The quantitative estimate of drug-likeness (QED) is 0.0848. The van der Waals surface area contributed by atoms with Crippen molar-refractivity contribution in [2.45, 2.75) is 215 Å². The Balaban J connectivity index is 0.875. The molecule has 14 bridgehead atoms. The molecule has 3 aromatic rings. The number of amides is 1. The topological polar surface area (TPSA) is 589 Å². The summed E-state index contributed by atoms with van der Waals surface area (Å²) in [4.78, 5) is 13.9. The number of carbonyl (C=O) groups is 1. The molecule has 21 aliphatic rings.